The topological polar surface area (TPSA) is 110 Å². The number of nitrogens with one attached hydrogen (secondary N) is 1. The lowest BCUT2D eigenvalue weighted by Crippen LogP contribution is -2.29. The fourth-order valence-electron chi connectivity index (χ4n) is 4.11. The van der Waals surface area contributed by atoms with Gasteiger partial charge in [0.05, 0.1) is 24.7 Å². The van der Waals surface area contributed by atoms with Gasteiger partial charge in [0, 0.05) is 25.1 Å². The second-order valence-electron chi connectivity index (χ2n) is 8.59. The number of nitrogens with zero attached hydrogens (tertiary/aromatic N) is 4. The molecule has 1 fully saturated rings. The number of hydrogen-bond donors (Lipinski definition) is 1. The normalized spacial score (nSPS) is 15.6. The Bertz CT molecular complexity index is 1220. The van der Waals surface area contributed by atoms with Crippen LogP contribution >= 0.6 is 0 Å². The molecule has 0 aliphatic carbocycles. The first-order chi connectivity index (χ1) is 17.7. The smallest absolute Gasteiger partial charge is 0.450 e. The van der Waals surface area contributed by atoms with E-state index < -0.39 is 23.5 Å². The van der Waals surface area contributed by atoms with Gasteiger partial charge in [0.15, 0.2) is 5.69 Å². The van der Waals surface area contributed by atoms with Crippen molar-refractivity contribution in [1.82, 2.24) is 19.9 Å². The maximum atomic E-state index is 13.5. The molecular formula is C25H26F3N5O4. The van der Waals surface area contributed by atoms with Gasteiger partial charge in [-0.2, -0.15) is 13.2 Å². The van der Waals surface area contributed by atoms with Crippen LogP contribution < -0.4 is 5.32 Å². The van der Waals surface area contributed by atoms with Crippen LogP contribution in [0, 0.1) is 5.92 Å². The van der Waals surface area contributed by atoms with E-state index in [1.807, 2.05) is 0 Å². The first-order valence-corrected chi connectivity index (χ1v) is 11.9. The highest BCUT2D eigenvalue weighted by Crippen LogP contribution is 2.35. The first-order valence-electron chi connectivity index (χ1n) is 11.9. The van der Waals surface area contributed by atoms with E-state index in [1.165, 1.54) is 24.5 Å². The summed E-state index contributed by atoms with van der Waals surface area (Å²) in [5, 5.41) is 2.35. The molecular weight excluding hydrogens is 491 g/mol. The molecule has 3 aromatic rings. The van der Waals surface area contributed by atoms with Crippen LogP contribution in [0.4, 0.5) is 23.7 Å². The van der Waals surface area contributed by atoms with Gasteiger partial charge in [-0.3, -0.25) is 4.79 Å². The standard InChI is InChI=1S/C25H26F3N5O4/c1-2-36-24(35)33-12-11-16(15-33)7-6-10-19-29-13-18(14-30-19)31-22(34)20-21(25(26,27)28)37-23(32-20)17-8-4-3-5-9-17/h3-5,8-9,13-14,16H,2,6-7,10-12,15H2,1H3,(H,31,34)/t16-/m0/s1. The number of hydrogen-bond acceptors (Lipinski definition) is 7. The molecule has 1 aliphatic rings. The quantitative estimate of drug-likeness (QED) is 0.437. The van der Waals surface area contributed by atoms with E-state index in [-0.39, 0.29) is 17.7 Å². The second-order valence-corrected chi connectivity index (χ2v) is 8.59. The Balaban J connectivity index is 1.33. The molecule has 1 aliphatic heterocycles. The number of ether oxygens (including phenoxy) is 1. The Morgan fingerprint density at radius 3 is 2.59 bits per heavy atom. The molecule has 1 saturated heterocycles. The van der Waals surface area contributed by atoms with Gasteiger partial charge in [-0.05, 0) is 44.2 Å². The number of amides is 2. The average Bonchev–Trinajstić information content (AvgIpc) is 3.54. The molecule has 1 atom stereocenters. The van der Waals surface area contributed by atoms with Crippen LogP contribution in [0.1, 0.15) is 48.3 Å². The molecule has 4 rings (SSSR count). The zero-order chi connectivity index (χ0) is 26.4. The Labute approximate surface area is 211 Å². The van der Waals surface area contributed by atoms with Gasteiger partial charge >= 0.3 is 12.3 Å². The van der Waals surface area contributed by atoms with Crippen molar-refractivity contribution in [2.24, 2.45) is 5.92 Å². The number of aromatic nitrogens is 3. The number of likely N-dealkylation sites (tertiary alicyclic amines) is 1. The number of halogens is 3. The minimum atomic E-state index is -4.90. The molecule has 0 saturated carbocycles. The summed E-state index contributed by atoms with van der Waals surface area (Å²) < 4.78 is 50.4. The van der Waals surface area contributed by atoms with Gasteiger partial charge in [0.25, 0.3) is 5.91 Å². The largest absolute Gasteiger partial charge is 0.452 e. The van der Waals surface area contributed by atoms with Crippen molar-refractivity contribution in [3.8, 4) is 11.5 Å². The molecule has 3 heterocycles. The predicted octanol–water partition coefficient (Wildman–Crippen LogP) is 5.20. The van der Waals surface area contributed by atoms with Gasteiger partial charge in [0.2, 0.25) is 11.7 Å². The summed E-state index contributed by atoms with van der Waals surface area (Å²) in [5.74, 6) is -1.94. The number of oxazole rings is 1. The lowest BCUT2D eigenvalue weighted by Gasteiger charge is -2.15. The Morgan fingerprint density at radius 2 is 1.92 bits per heavy atom. The maximum Gasteiger partial charge on any atom is 0.452 e. The van der Waals surface area contributed by atoms with Gasteiger partial charge in [-0.1, -0.05) is 18.2 Å². The van der Waals surface area contributed by atoms with E-state index in [2.05, 4.69) is 20.3 Å². The minimum absolute atomic E-state index is 0.131. The highest BCUT2D eigenvalue weighted by atomic mass is 19.4. The number of rotatable bonds is 8. The molecule has 37 heavy (non-hydrogen) atoms. The number of carbonyl (C=O) groups excluding carboxylic acids is 2. The number of carbonyl (C=O) groups is 2. The van der Waals surface area contributed by atoms with Crippen LogP contribution in [0.5, 0.6) is 0 Å². The highest BCUT2D eigenvalue weighted by Gasteiger charge is 2.42. The molecule has 1 N–H and O–H groups in total. The van der Waals surface area contributed by atoms with Crippen molar-refractivity contribution in [2.45, 2.75) is 38.8 Å². The molecule has 2 amide bonds. The van der Waals surface area contributed by atoms with E-state index in [0.717, 1.165) is 19.3 Å². The van der Waals surface area contributed by atoms with Crippen molar-refractivity contribution in [3.05, 3.63) is 60.0 Å². The second kappa shape index (κ2) is 11.4. The van der Waals surface area contributed by atoms with Crippen LogP contribution in [-0.4, -0.2) is 51.5 Å². The van der Waals surface area contributed by atoms with Crippen LogP contribution in [-0.2, 0) is 17.3 Å². The number of benzene rings is 1. The highest BCUT2D eigenvalue weighted by molar-refractivity contribution is 6.03. The molecule has 12 heteroatoms. The maximum absolute atomic E-state index is 13.5. The third kappa shape index (κ3) is 6.63. The summed E-state index contributed by atoms with van der Waals surface area (Å²) >= 11 is 0. The third-order valence-electron chi connectivity index (χ3n) is 5.91. The zero-order valence-electron chi connectivity index (χ0n) is 20.1. The monoisotopic (exact) mass is 517 g/mol. The Morgan fingerprint density at radius 1 is 1.19 bits per heavy atom. The van der Waals surface area contributed by atoms with Crippen LogP contribution in [0.2, 0.25) is 0 Å². The minimum Gasteiger partial charge on any atom is -0.450 e. The summed E-state index contributed by atoms with van der Waals surface area (Å²) in [5.41, 5.74) is -0.429. The summed E-state index contributed by atoms with van der Waals surface area (Å²) in [7, 11) is 0. The number of anilines is 1. The van der Waals surface area contributed by atoms with E-state index in [4.69, 9.17) is 9.15 Å². The molecule has 1 aromatic carbocycles. The van der Waals surface area contributed by atoms with Crippen LogP contribution in [0.25, 0.3) is 11.5 Å². The third-order valence-corrected chi connectivity index (χ3v) is 5.91. The molecule has 0 bridgehead atoms. The van der Waals surface area contributed by atoms with E-state index >= 15 is 0 Å². The molecule has 0 unspecified atom stereocenters. The van der Waals surface area contributed by atoms with Crippen molar-refractivity contribution >= 4 is 17.7 Å². The lowest BCUT2D eigenvalue weighted by molar-refractivity contribution is -0.153. The molecule has 196 valence electrons. The van der Waals surface area contributed by atoms with E-state index in [9.17, 15) is 22.8 Å². The van der Waals surface area contributed by atoms with Crippen LogP contribution in [0.15, 0.2) is 47.1 Å². The van der Waals surface area contributed by atoms with Crippen molar-refractivity contribution < 1.29 is 31.9 Å². The van der Waals surface area contributed by atoms with Crippen molar-refractivity contribution in [3.63, 3.8) is 0 Å². The molecule has 9 nitrogen and oxygen atoms in total. The van der Waals surface area contributed by atoms with Crippen molar-refractivity contribution in [2.75, 3.05) is 25.0 Å². The van der Waals surface area contributed by atoms with Crippen molar-refractivity contribution in [1.29, 1.82) is 0 Å². The Hall–Kier alpha value is -3.96. The van der Waals surface area contributed by atoms with Gasteiger partial charge < -0.3 is 19.4 Å². The molecule has 2 aromatic heterocycles. The summed E-state index contributed by atoms with van der Waals surface area (Å²) in [6.45, 7) is 3.48. The summed E-state index contributed by atoms with van der Waals surface area (Å²) in [6.07, 6.45) is 0.699. The summed E-state index contributed by atoms with van der Waals surface area (Å²) in [6, 6.07) is 8.00. The lowest BCUT2D eigenvalue weighted by atomic mass is 10.0. The van der Waals surface area contributed by atoms with Gasteiger partial charge in [-0.25, -0.2) is 19.7 Å². The predicted molar refractivity (Wildman–Crippen MR) is 127 cm³/mol. The Kier molecular flexibility index (Phi) is 8.04. The zero-order valence-corrected chi connectivity index (χ0v) is 20.1. The molecule has 0 radical (unpaired) electrons. The molecule has 0 spiro atoms. The number of aryl methyl sites for hydroxylation is 1. The fourth-order valence-corrected chi connectivity index (χ4v) is 4.11. The van der Waals surface area contributed by atoms with E-state index in [0.29, 0.717) is 43.4 Å². The fraction of sp³-hybridized carbons (Fsp3) is 0.400. The first kappa shape index (κ1) is 26.1. The average molecular weight is 518 g/mol. The summed E-state index contributed by atoms with van der Waals surface area (Å²) in [4.78, 5) is 38.3. The van der Waals surface area contributed by atoms with E-state index in [1.54, 1.807) is 30.0 Å². The van der Waals surface area contributed by atoms with Crippen LogP contribution in [0.3, 0.4) is 0 Å². The number of alkyl halides is 3. The van der Waals surface area contributed by atoms with Gasteiger partial charge in [-0.15, -0.1) is 0 Å². The SMILES string of the molecule is CCOC(=O)N1CC[C@H](CCCc2ncc(NC(=O)c3nc(-c4ccccc4)oc3C(F)(F)F)cn2)C1. The van der Waals surface area contributed by atoms with Gasteiger partial charge in [0.1, 0.15) is 5.82 Å².